The number of allylic oxidation sites excluding steroid dienone is 2. The van der Waals surface area contributed by atoms with Gasteiger partial charge in [0.25, 0.3) is 0 Å². The molecule has 0 aromatic heterocycles. The Labute approximate surface area is 169 Å². The number of carboxylic acids is 1. The summed E-state index contributed by atoms with van der Waals surface area (Å²) in [6.45, 7) is 0. The number of rotatable bonds is 8. The highest BCUT2D eigenvalue weighted by atomic mass is 35.5. The zero-order valence-corrected chi connectivity index (χ0v) is 16.6. The molecule has 2 aromatic rings. The average Bonchev–Trinajstić information content (AvgIpc) is 2.70. The summed E-state index contributed by atoms with van der Waals surface area (Å²) in [5, 5.41) is 9.85. The Morgan fingerprint density at radius 2 is 1.64 bits per heavy atom. The van der Waals surface area contributed by atoms with Gasteiger partial charge in [-0.2, -0.15) is 0 Å². The molecule has 0 unspecified atom stereocenters. The minimum Gasteiger partial charge on any atom is -0.503 e. The number of carboxylic acid groups (broad SMARTS) is 1. The van der Waals surface area contributed by atoms with Gasteiger partial charge < -0.3 is 19.3 Å². The van der Waals surface area contributed by atoms with E-state index in [-0.39, 0.29) is 5.57 Å². The molecule has 0 radical (unpaired) electrons. The normalized spacial score (nSPS) is 11.8. The smallest absolute Gasteiger partial charge is 0.339 e. The Kier molecular flexibility index (Phi) is 7.72. The van der Waals surface area contributed by atoms with Crippen LogP contribution >= 0.6 is 11.6 Å². The summed E-state index contributed by atoms with van der Waals surface area (Å²) in [6.07, 6.45) is 8.47. The molecule has 0 atom stereocenters. The van der Waals surface area contributed by atoms with Crippen molar-refractivity contribution in [3.05, 3.63) is 76.5 Å². The summed E-state index contributed by atoms with van der Waals surface area (Å²) in [4.78, 5) is 11.5. The zero-order chi connectivity index (χ0) is 20.5. The fraction of sp³-hybridized carbons (Fsp3) is 0.136. The fourth-order valence-corrected chi connectivity index (χ4v) is 2.88. The predicted molar refractivity (Wildman–Crippen MR) is 112 cm³/mol. The molecule has 146 valence electrons. The molecule has 0 aliphatic carbocycles. The molecule has 0 saturated carbocycles. The number of methoxy groups -OCH3 is 3. The van der Waals surface area contributed by atoms with E-state index in [4.69, 9.17) is 25.8 Å². The first-order valence-electron chi connectivity index (χ1n) is 8.34. The van der Waals surface area contributed by atoms with Crippen molar-refractivity contribution in [2.45, 2.75) is 0 Å². The van der Waals surface area contributed by atoms with Crippen LogP contribution in [0.1, 0.15) is 16.7 Å². The minimum absolute atomic E-state index is 0.0784. The predicted octanol–water partition coefficient (Wildman–Crippen LogP) is 5.16. The van der Waals surface area contributed by atoms with Crippen LogP contribution in [0.3, 0.4) is 0 Å². The number of halogens is 1. The molecule has 0 fully saturated rings. The molecule has 28 heavy (non-hydrogen) atoms. The SMILES string of the molecule is CO/C=C(/C(=O)O)c1ccccc1/C=C/C=C/c1ccc(OC)c(OC)c1Cl. The largest absolute Gasteiger partial charge is 0.503 e. The molecule has 0 amide bonds. The van der Waals surface area contributed by atoms with Gasteiger partial charge in [0.1, 0.15) is 5.57 Å². The summed E-state index contributed by atoms with van der Waals surface area (Å²) in [5.74, 6) is -0.0351. The Hall–Kier alpha value is -3.18. The van der Waals surface area contributed by atoms with Gasteiger partial charge >= 0.3 is 5.97 Å². The summed E-state index contributed by atoms with van der Waals surface area (Å²) in [6, 6.07) is 10.8. The maximum absolute atomic E-state index is 11.5. The van der Waals surface area contributed by atoms with Gasteiger partial charge in [-0.05, 0) is 28.8 Å². The summed E-state index contributed by atoms with van der Waals surface area (Å²) >= 11 is 6.36. The monoisotopic (exact) mass is 400 g/mol. The van der Waals surface area contributed by atoms with Crippen LogP contribution in [-0.4, -0.2) is 32.4 Å². The highest BCUT2D eigenvalue weighted by Gasteiger charge is 2.13. The van der Waals surface area contributed by atoms with E-state index in [9.17, 15) is 9.90 Å². The molecular weight excluding hydrogens is 380 g/mol. The van der Waals surface area contributed by atoms with Gasteiger partial charge in [-0.1, -0.05) is 60.2 Å². The van der Waals surface area contributed by atoms with Crippen molar-refractivity contribution < 1.29 is 24.1 Å². The first kappa shape index (κ1) is 21.1. The summed E-state index contributed by atoms with van der Waals surface area (Å²) in [7, 11) is 4.49. The van der Waals surface area contributed by atoms with Gasteiger partial charge in [0, 0.05) is 0 Å². The van der Waals surface area contributed by atoms with Gasteiger partial charge in [0.15, 0.2) is 11.5 Å². The maximum atomic E-state index is 11.5. The first-order chi connectivity index (χ1) is 13.5. The molecule has 6 heteroatoms. The van der Waals surface area contributed by atoms with Crippen molar-refractivity contribution in [3.63, 3.8) is 0 Å². The second kappa shape index (κ2) is 10.2. The fourth-order valence-electron chi connectivity index (χ4n) is 2.59. The van der Waals surface area contributed by atoms with Crippen LogP contribution in [0, 0.1) is 0 Å². The molecule has 0 heterocycles. The Balaban J connectivity index is 2.29. The lowest BCUT2D eigenvalue weighted by Crippen LogP contribution is -2.02. The van der Waals surface area contributed by atoms with Crippen molar-refractivity contribution in [1.29, 1.82) is 0 Å². The highest BCUT2D eigenvalue weighted by molar-refractivity contribution is 6.33. The van der Waals surface area contributed by atoms with E-state index in [1.165, 1.54) is 20.5 Å². The third-order valence-corrected chi connectivity index (χ3v) is 4.28. The topological polar surface area (TPSA) is 65.0 Å². The Bertz CT molecular complexity index is 929. The van der Waals surface area contributed by atoms with Gasteiger partial charge in [-0.15, -0.1) is 0 Å². The van der Waals surface area contributed by atoms with E-state index in [2.05, 4.69) is 0 Å². The molecule has 0 aliphatic heterocycles. The standard InChI is InChI=1S/C22H21ClO5/c1-26-14-18(22(24)25)17-11-7-6-9-15(17)8-4-5-10-16-12-13-19(27-2)21(28-3)20(16)23/h4-14H,1-3H3,(H,24,25)/b8-4+,10-5+,18-14+. The van der Waals surface area contributed by atoms with Crippen molar-refractivity contribution in [2.24, 2.45) is 0 Å². The lowest BCUT2D eigenvalue weighted by Gasteiger charge is -2.10. The van der Waals surface area contributed by atoms with Crippen LogP contribution in [0.5, 0.6) is 11.5 Å². The number of aliphatic carboxylic acids is 1. The van der Waals surface area contributed by atoms with Crippen LogP contribution in [0.15, 0.2) is 54.8 Å². The molecule has 0 saturated heterocycles. The van der Waals surface area contributed by atoms with Crippen LogP contribution < -0.4 is 9.47 Å². The minimum atomic E-state index is -1.06. The first-order valence-corrected chi connectivity index (χ1v) is 8.72. The van der Waals surface area contributed by atoms with Gasteiger partial charge in [-0.3, -0.25) is 0 Å². The maximum Gasteiger partial charge on any atom is 0.339 e. The number of hydrogen-bond acceptors (Lipinski definition) is 4. The van der Waals surface area contributed by atoms with Crippen LogP contribution in [0.4, 0.5) is 0 Å². The van der Waals surface area contributed by atoms with E-state index in [1.807, 2.05) is 36.4 Å². The van der Waals surface area contributed by atoms with Crippen molar-refractivity contribution in [1.82, 2.24) is 0 Å². The van der Waals surface area contributed by atoms with Crippen LogP contribution in [-0.2, 0) is 9.53 Å². The second-order valence-electron chi connectivity index (χ2n) is 5.58. The van der Waals surface area contributed by atoms with Gasteiger partial charge in [0.2, 0.25) is 0 Å². The number of benzene rings is 2. The molecule has 0 aliphatic rings. The number of carbonyl (C=O) groups is 1. The lowest BCUT2D eigenvalue weighted by molar-refractivity contribution is -0.130. The number of ether oxygens (including phenoxy) is 3. The summed E-state index contributed by atoms with van der Waals surface area (Å²) < 4.78 is 15.4. The lowest BCUT2D eigenvalue weighted by atomic mass is 10.00. The van der Waals surface area contributed by atoms with Crippen molar-refractivity contribution in [2.75, 3.05) is 21.3 Å². The molecule has 0 bridgehead atoms. The van der Waals surface area contributed by atoms with Gasteiger partial charge in [0.05, 0.1) is 32.6 Å². The Morgan fingerprint density at radius 3 is 2.25 bits per heavy atom. The highest BCUT2D eigenvalue weighted by Crippen LogP contribution is 2.37. The van der Waals surface area contributed by atoms with E-state index >= 15 is 0 Å². The van der Waals surface area contributed by atoms with E-state index in [1.54, 1.807) is 31.4 Å². The molecule has 5 nitrogen and oxygen atoms in total. The molecule has 1 N–H and O–H groups in total. The van der Waals surface area contributed by atoms with E-state index < -0.39 is 5.97 Å². The summed E-state index contributed by atoms with van der Waals surface area (Å²) in [5.41, 5.74) is 2.15. The third kappa shape index (κ3) is 4.96. The molecule has 2 rings (SSSR count). The molecule has 2 aromatic carbocycles. The van der Waals surface area contributed by atoms with E-state index in [0.717, 1.165) is 11.1 Å². The number of hydrogen-bond donors (Lipinski definition) is 1. The van der Waals surface area contributed by atoms with E-state index in [0.29, 0.717) is 22.1 Å². The third-order valence-electron chi connectivity index (χ3n) is 3.89. The second-order valence-corrected chi connectivity index (χ2v) is 5.96. The average molecular weight is 401 g/mol. The van der Waals surface area contributed by atoms with Crippen LogP contribution in [0.2, 0.25) is 5.02 Å². The molecule has 0 spiro atoms. The van der Waals surface area contributed by atoms with Crippen molar-refractivity contribution >= 4 is 35.3 Å². The zero-order valence-electron chi connectivity index (χ0n) is 15.8. The molecular formula is C22H21ClO5. The Morgan fingerprint density at radius 1 is 0.964 bits per heavy atom. The quantitative estimate of drug-likeness (QED) is 0.377. The van der Waals surface area contributed by atoms with Crippen molar-refractivity contribution in [3.8, 4) is 11.5 Å². The van der Waals surface area contributed by atoms with Crippen LogP contribution in [0.25, 0.3) is 17.7 Å². The van der Waals surface area contributed by atoms with Gasteiger partial charge in [-0.25, -0.2) is 4.79 Å².